The zero-order chi connectivity index (χ0) is 9.26. The number of halogens is 1. The van der Waals surface area contributed by atoms with E-state index in [-0.39, 0.29) is 17.0 Å². The summed E-state index contributed by atoms with van der Waals surface area (Å²) in [5.74, 6) is -0.0482. The van der Waals surface area contributed by atoms with E-state index in [1.807, 2.05) is 0 Å². The minimum absolute atomic E-state index is 0. The van der Waals surface area contributed by atoms with Gasteiger partial charge in [-0.25, -0.2) is 4.79 Å². The Kier molecular flexibility index (Phi) is 3.71. The predicted octanol–water partition coefficient (Wildman–Crippen LogP) is 2.77. The average molecular weight is 274 g/mol. The van der Waals surface area contributed by atoms with E-state index in [4.69, 9.17) is 5.11 Å². The summed E-state index contributed by atoms with van der Waals surface area (Å²) in [5.41, 5.74) is 1.05. The van der Waals surface area contributed by atoms with E-state index in [0.717, 1.165) is 16.3 Å². The van der Waals surface area contributed by atoms with Crippen molar-refractivity contribution < 1.29 is 9.90 Å². The van der Waals surface area contributed by atoms with Crippen molar-refractivity contribution in [1.82, 2.24) is 0 Å². The number of fused-ring (bicyclic) bond motifs is 1. The van der Waals surface area contributed by atoms with Crippen LogP contribution in [0.25, 0.3) is 0 Å². The SMILES string of the molecule is Br.O=C(O)c1ccc2c(c1)N=CCS2. The Morgan fingerprint density at radius 3 is 3.00 bits per heavy atom. The van der Waals surface area contributed by atoms with Crippen LogP contribution in [0.15, 0.2) is 28.1 Å². The molecule has 1 aromatic rings. The molecule has 0 saturated heterocycles. The molecule has 0 atom stereocenters. The zero-order valence-corrected chi connectivity index (χ0v) is 9.67. The zero-order valence-electron chi connectivity index (χ0n) is 7.14. The molecule has 0 bridgehead atoms. The summed E-state index contributed by atoms with van der Waals surface area (Å²) in [7, 11) is 0. The van der Waals surface area contributed by atoms with Crippen LogP contribution in [-0.4, -0.2) is 23.0 Å². The van der Waals surface area contributed by atoms with Gasteiger partial charge in [0, 0.05) is 16.9 Å². The van der Waals surface area contributed by atoms with Crippen LogP contribution in [0.3, 0.4) is 0 Å². The molecule has 0 fully saturated rings. The summed E-state index contributed by atoms with van der Waals surface area (Å²) in [6.07, 6.45) is 1.79. The summed E-state index contributed by atoms with van der Waals surface area (Å²) < 4.78 is 0. The molecule has 5 heteroatoms. The molecule has 0 amide bonds. The normalized spacial score (nSPS) is 12.9. The molecule has 0 spiro atoms. The van der Waals surface area contributed by atoms with Gasteiger partial charge in [-0.05, 0) is 18.2 Å². The highest BCUT2D eigenvalue weighted by Crippen LogP contribution is 2.32. The molecule has 0 aliphatic carbocycles. The first-order valence-electron chi connectivity index (χ1n) is 3.80. The Hall–Kier alpha value is -0.810. The van der Waals surface area contributed by atoms with Gasteiger partial charge in [-0.2, -0.15) is 0 Å². The number of benzene rings is 1. The van der Waals surface area contributed by atoms with Crippen molar-refractivity contribution in [1.29, 1.82) is 0 Å². The molecule has 2 rings (SSSR count). The second kappa shape index (κ2) is 4.61. The second-order valence-electron chi connectivity index (χ2n) is 2.61. The molecule has 0 aromatic heterocycles. The first kappa shape index (κ1) is 11.3. The standard InChI is InChI=1S/C9H7NO2S.BrH/c11-9(12)6-1-2-8-7(5-6)10-3-4-13-8;/h1-3,5H,4H2,(H,11,12);1H. The highest BCUT2D eigenvalue weighted by Gasteiger charge is 2.09. The van der Waals surface area contributed by atoms with Crippen LogP contribution in [0, 0.1) is 0 Å². The Morgan fingerprint density at radius 2 is 2.29 bits per heavy atom. The number of thioether (sulfide) groups is 1. The van der Waals surface area contributed by atoms with Gasteiger partial charge in [0.1, 0.15) is 0 Å². The smallest absolute Gasteiger partial charge is 0.335 e. The van der Waals surface area contributed by atoms with Crippen LogP contribution < -0.4 is 0 Å². The van der Waals surface area contributed by atoms with Gasteiger partial charge in [0.25, 0.3) is 0 Å². The maximum atomic E-state index is 10.6. The Morgan fingerprint density at radius 1 is 1.50 bits per heavy atom. The summed E-state index contributed by atoms with van der Waals surface area (Å²) in [5, 5.41) is 8.73. The quantitative estimate of drug-likeness (QED) is 0.856. The number of carbonyl (C=O) groups is 1. The molecule has 14 heavy (non-hydrogen) atoms. The number of hydrogen-bond acceptors (Lipinski definition) is 3. The van der Waals surface area contributed by atoms with E-state index < -0.39 is 5.97 Å². The van der Waals surface area contributed by atoms with Gasteiger partial charge in [0.05, 0.1) is 11.3 Å². The third-order valence-electron chi connectivity index (χ3n) is 1.75. The van der Waals surface area contributed by atoms with Crippen molar-refractivity contribution in [3.05, 3.63) is 23.8 Å². The topological polar surface area (TPSA) is 49.7 Å². The van der Waals surface area contributed by atoms with E-state index in [2.05, 4.69) is 4.99 Å². The predicted molar refractivity (Wildman–Crippen MR) is 62.6 cm³/mol. The minimum atomic E-state index is -0.909. The van der Waals surface area contributed by atoms with Gasteiger partial charge in [-0.15, -0.1) is 28.7 Å². The van der Waals surface area contributed by atoms with Crippen LogP contribution >= 0.6 is 28.7 Å². The maximum absolute atomic E-state index is 10.6. The third-order valence-corrected chi connectivity index (χ3v) is 2.72. The third kappa shape index (κ3) is 2.16. The largest absolute Gasteiger partial charge is 0.478 e. The Labute approximate surface area is 96.0 Å². The molecule has 0 radical (unpaired) electrons. The van der Waals surface area contributed by atoms with Gasteiger partial charge in [-0.1, -0.05) is 0 Å². The number of aliphatic imine (C=N–C) groups is 1. The summed E-state index contributed by atoms with van der Waals surface area (Å²) in [4.78, 5) is 15.8. The van der Waals surface area contributed by atoms with Crippen molar-refractivity contribution in [2.45, 2.75) is 4.90 Å². The van der Waals surface area contributed by atoms with Gasteiger partial charge in [0.15, 0.2) is 0 Å². The van der Waals surface area contributed by atoms with Crippen molar-refractivity contribution in [2.24, 2.45) is 4.99 Å². The molecule has 0 unspecified atom stereocenters. The first-order chi connectivity index (χ1) is 6.27. The molecular weight excluding hydrogens is 266 g/mol. The van der Waals surface area contributed by atoms with E-state index in [9.17, 15) is 4.79 Å². The Balaban J connectivity index is 0.000000980. The lowest BCUT2D eigenvalue weighted by molar-refractivity contribution is 0.0697. The monoisotopic (exact) mass is 273 g/mol. The minimum Gasteiger partial charge on any atom is -0.478 e. The van der Waals surface area contributed by atoms with Gasteiger partial charge >= 0.3 is 5.97 Å². The van der Waals surface area contributed by atoms with Crippen molar-refractivity contribution >= 4 is 46.6 Å². The molecule has 0 saturated carbocycles. The highest BCUT2D eigenvalue weighted by molar-refractivity contribution is 8.93. The fourth-order valence-corrected chi connectivity index (χ4v) is 1.89. The maximum Gasteiger partial charge on any atom is 0.335 e. The highest BCUT2D eigenvalue weighted by atomic mass is 79.9. The first-order valence-corrected chi connectivity index (χ1v) is 4.78. The van der Waals surface area contributed by atoms with Crippen molar-refractivity contribution in [3.8, 4) is 0 Å². The molecule has 1 aromatic carbocycles. The lowest BCUT2D eigenvalue weighted by Crippen LogP contribution is -1.97. The number of aromatic carboxylic acids is 1. The van der Waals surface area contributed by atoms with Crippen molar-refractivity contribution in [3.63, 3.8) is 0 Å². The molecule has 1 aliphatic rings. The molecule has 3 nitrogen and oxygen atoms in total. The van der Waals surface area contributed by atoms with Crippen LogP contribution in [0.4, 0.5) is 5.69 Å². The summed E-state index contributed by atoms with van der Waals surface area (Å²) in [6.45, 7) is 0. The number of rotatable bonds is 1. The molecule has 74 valence electrons. The van der Waals surface area contributed by atoms with E-state index in [1.54, 1.807) is 36.2 Å². The fourth-order valence-electron chi connectivity index (χ4n) is 1.14. The van der Waals surface area contributed by atoms with Crippen LogP contribution in [-0.2, 0) is 0 Å². The number of nitrogens with zero attached hydrogens (tertiary/aromatic N) is 1. The number of hydrogen-bond donors (Lipinski definition) is 1. The molecular formula is C9H8BrNO2S. The van der Waals surface area contributed by atoms with Crippen molar-refractivity contribution in [2.75, 3.05) is 5.75 Å². The summed E-state index contributed by atoms with van der Waals surface area (Å²) in [6, 6.07) is 5.01. The summed E-state index contributed by atoms with van der Waals surface area (Å²) >= 11 is 1.67. The second-order valence-corrected chi connectivity index (χ2v) is 3.67. The van der Waals surface area contributed by atoms with Gasteiger partial charge in [0.2, 0.25) is 0 Å². The number of carboxylic acid groups (broad SMARTS) is 1. The molecule has 1 N–H and O–H groups in total. The fraction of sp³-hybridized carbons (Fsp3) is 0.111. The molecule has 1 aliphatic heterocycles. The molecule has 1 heterocycles. The Bertz CT molecular complexity index is 392. The lowest BCUT2D eigenvalue weighted by atomic mass is 10.2. The lowest BCUT2D eigenvalue weighted by Gasteiger charge is -2.08. The average Bonchev–Trinajstić information content (AvgIpc) is 2.17. The van der Waals surface area contributed by atoms with Gasteiger partial charge < -0.3 is 5.11 Å². The number of carboxylic acids is 1. The van der Waals surface area contributed by atoms with E-state index in [1.165, 1.54) is 0 Å². The van der Waals surface area contributed by atoms with Crippen LogP contribution in [0.5, 0.6) is 0 Å². The van der Waals surface area contributed by atoms with Gasteiger partial charge in [-0.3, -0.25) is 4.99 Å². The van der Waals surface area contributed by atoms with E-state index in [0.29, 0.717) is 5.56 Å². The van der Waals surface area contributed by atoms with E-state index >= 15 is 0 Å². The van der Waals surface area contributed by atoms with Crippen LogP contribution in [0.1, 0.15) is 10.4 Å². The van der Waals surface area contributed by atoms with Crippen LogP contribution in [0.2, 0.25) is 0 Å².